The molecule has 1 aliphatic carbocycles. The summed E-state index contributed by atoms with van der Waals surface area (Å²) >= 11 is 0.633. The van der Waals surface area contributed by atoms with Crippen molar-refractivity contribution in [3.63, 3.8) is 0 Å². The van der Waals surface area contributed by atoms with E-state index in [1.807, 2.05) is 19.1 Å². The fraction of sp³-hybridized carbons (Fsp3) is 0.561. The minimum Gasteiger partial charge on any atom is -0.377 e. The molecule has 2 aromatic carbocycles. The van der Waals surface area contributed by atoms with E-state index >= 15 is 0 Å². The first kappa shape index (κ1) is 45.9. The molecule has 0 spiro atoms. The van der Waals surface area contributed by atoms with Crippen molar-refractivity contribution < 1.29 is 41.9 Å². The molecular formula is C41H51ClF3N7O6S. The topological polar surface area (TPSA) is 155 Å². The van der Waals surface area contributed by atoms with Crippen molar-refractivity contribution in [3.05, 3.63) is 59.2 Å². The molecule has 2 N–H and O–H groups in total. The van der Waals surface area contributed by atoms with Crippen LogP contribution in [0.4, 0.5) is 23.7 Å². The summed E-state index contributed by atoms with van der Waals surface area (Å²) in [5.41, 5.74) is -2.24. The summed E-state index contributed by atoms with van der Waals surface area (Å²) in [5.74, 6) is -1.23. The van der Waals surface area contributed by atoms with Gasteiger partial charge in [0.1, 0.15) is 5.54 Å². The number of hydrogen-bond acceptors (Lipinski definition) is 10. The van der Waals surface area contributed by atoms with Crippen LogP contribution in [0, 0.1) is 11.3 Å². The molecule has 2 aromatic rings. The van der Waals surface area contributed by atoms with Crippen LogP contribution in [0.25, 0.3) is 0 Å². The first-order chi connectivity index (χ1) is 27.3. The van der Waals surface area contributed by atoms with E-state index < -0.39 is 40.2 Å². The molecule has 3 atom stereocenters. The Morgan fingerprint density at radius 1 is 1.00 bits per heavy atom. The number of urea groups is 1. The quantitative estimate of drug-likeness (QED) is 0.154. The predicted molar refractivity (Wildman–Crippen MR) is 216 cm³/mol. The highest BCUT2D eigenvalue weighted by atomic mass is 35.5. The van der Waals surface area contributed by atoms with Crippen molar-refractivity contribution >= 4 is 59.7 Å². The lowest BCUT2D eigenvalue weighted by Gasteiger charge is -2.44. The van der Waals surface area contributed by atoms with Gasteiger partial charge in [-0.25, -0.2) is 4.79 Å². The van der Waals surface area contributed by atoms with Crippen molar-refractivity contribution in [2.24, 2.45) is 0 Å². The van der Waals surface area contributed by atoms with Crippen molar-refractivity contribution in [1.82, 2.24) is 24.3 Å². The van der Waals surface area contributed by atoms with Crippen LogP contribution in [0.15, 0.2) is 47.4 Å². The van der Waals surface area contributed by atoms with E-state index in [1.54, 1.807) is 30.9 Å². The Morgan fingerprint density at radius 3 is 2.24 bits per heavy atom. The average molecular weight is 862 g/mol. The summed E-state index contributed by atoms with van der Waals surface area (Å²) in [7, 11) is 0. The third-order valence-corrected chi connectivity index (χ3v) is 13.0. The van der Waals surface area contributed by atoms with Crippen LogP contribution < -0.4 is 10.6 Å². The number of nitriles is 1. The van der Waals surface area contributed by atoms with Gasteiger partial charge >= 0.3 is 12.2 Å². The molecule has 59 heavy (non-hydrogen) atoms. The monoisotopic (exact) mass is 861 g/mol. The van der Waals surface area contributed by atoms with Crippen LogP contribution in [0.1, 0.15) is 89.8 Å². The highest BCUT2D eigenvalue weighted by molar-refractivity contribution is 7.98. The smallest absolute Gasteiger partial charge is 0.377 e. The number of rotatable bonds is 11. The Bertz CT molecular complexity index is 1960. The summed E-state index contributed by atoms with van der Waals surface area (Å²) in [6.45, 7) is 12.3. The van der Waals surface area contributed by atoms with Gasteiger partial charge in [0.2, 0.25) is 17.7 Å². The Balaban J connectivity index is 0.00000661. The normalized spacial score (nSPS) is 26.6. The van der Waals surface area contributed by atoms with Crippen molar-refractivity contribution in [3.8, 4) is 6.07 Å². The first-order valence-corrected chi connectivity index (χ1v) is 20.4. The number of ether oxygens (including phenoxy) is 1. The number of alkyl halides is 3. The molecule has 320 valence electrons. The fourth-order valence-corrected chi connectivity index (χ4v) is 9.61. The highest BCUT2D eigenvalue weighted by Gasteiger charge is 2.55. The highest BCUT2D eigenvalue weighted by Crippen LogP contribution is 2.42. The SMILES string of the molecule is C[C@@H]1CN(CCOC2CCC(N3C(=O)N(Sc4ccc(C#N)c(C(F)(F)F)c4)C(=O)C3(C)C)CC2)C[C@H](C)N1CC(=O)Nc1ccc([C@]2(C)CCC(=O)NC2=O)cc1.Cl. The molecule has 3 saturated heterocycles. The van der Waals surface area contributed by atoms with Crippen LogP contribution in [0.3, 0.4) is 0 Å². The van der Waals surface area contributed by atoms with E-state index in [-0.39, 0.29) is 72.2 Å². The molecule has 13 nitrogen and oxygen atoms in total. The second-order valence-electron chi connectivity index (χ2n) is 16.5. The molecule has 0 aromatic heterocycles. The van der Waals surface area contributed by atoms with Gasteiger partial charge < -0.3 is 15.0 Å². The fourth-order valence-electron chi connectivity index (χ4n) is 8.63. The Labute approximate surface area is 352 Å². The van der Waals surface area contributed by atoms with Crippen LogP contribution in [-0.4, -0.2) is 111 Å². The number of benzene rings is 2. The third kappa shape index (κ3) is 9.89. The maximum Gasteiger partial charge on any atom is 0.417 e. The van der Waals surface area contributed by atoms with E-state index in [0.29, 0.717) is 56.3 Å². The van der Waals surface area contributed by atoms with Crippen LogP contribution >= 0.6 is 24.4 Å². The van der Waals surface area contributed by atoms with Gasteiger partial charge in [-0.15, -0.1) is 12.4 Å². The van der Waals surface area contributed by atoms with Gasteiger partial charge in [-0.3, -0.25) is 34.3 Å². The summed E-state index contributed by atoms with van der Waals surface area (Å²) < 4.78 is 47.9. The molecule has 0 unspecified atom stereocenters. The summed E-state index contributed by atoms with van der Waals surface area (Å²) in [6, 6.07) is 11.3. The Kier molecular flexibility index (Phi) is 14.1. The largest absolute Gasteiger partial charge is 0.417 e. The van der Waals surface area contributed by atoms with E-state index in [2.05, 4.69) is 34.3 Å². The minimum atomic E-state index is -4.77. The zero-order valence-corrected chi connectivity index (χ0v) is 35.4. The predicted octanol–water partition coefficient (Wildman–Crippen LogP) is 6.10. The Morgan fingerprint density at radius 2 is 1.64 bits per heavy atom. The van der Waals surface area contributed by atoms with Crippen molar-refractivity contribution in [1.29, 1.82) is 5.26 Å². The number of imide groups is 2. The number of piperidine rings is 1. The van der Waals surface area contributed by atoms with Crippen LogP contribution in [0.2, 0.25) is 0 Å². The van der Waals surface area contributed by atoms with Gasteiger partial charge in [0.25, 0.3) is 5.91 Å². The number of amides is 6. The zero-order valence-electron chi connectivity index (χ0n) is 33.8. The third-order valence-electron chi connectivity index (χ3n) is 12.0. The number of piperazine rings is 1. The number of carbonyl (C=O) groups is 5. The first-order valence-electron chi connectivity index (χ1n) is 19.6. The van der Waals surface area contributed by atoms with Gasteiger partial charge in [0.05, 0.1) is 41.9 Å². The Hall–Kier alpha value is -4.21. The van der Waals surface area contributed by atoms with Gasteiger partial charge in [0, 0.05) is 54.8 Å². The maximum absolute atomic E-state index is 13.6. The number of hydrogen-bond donors (Lipinski definition) is 2. The number of nitrogens with zero attached hydrogens (tertiary/aromatic N) is 5. The van der Waals surface area contributed by atoms with Crippen molar-refractivity contribution in [2.75, 3.05) is 38.1 Å². The maximum atomic E-state index is 13.6. The lowest BCUT2D eigenvalue weighted by atomic mass is 9.75. The molecule has 4 fully saturated rings. The van der Waals surface area contributed by atoms with E-state index in [0.717, 1.165) is 41.6 Å². The molecule has 6 amide bonds. The van der Waals surface area contributed by atoms with Gasteiger partial charge in [-0.2, -0.15) is 22.7 Å². The van der Waals surface area contributed by atoms with Gasteiger partial charge in [0.15, 0.2) is 0 Å². The molecule has 18 heteroatoms. The van der Waals surface area contributed by atoms with Crippen LogP contribution in [-0.2, 0) is 35.5 Å². The van der Waals surface area contributed by atoms with Crippen molar-refractivity contribution in [2.45, 2.75) is 119 Å². The summed E-state index contributed by atoms with van der Waals surface area (Å²) in [4.78, 5) is 70.4. The molecule has 0 radical (unpaired) electrons. The molecule has 1 saturated carbocycles. The standard InChI is InChI=1S/C41H50F3N7O6S.ClH/c1-25-22-48(23-26(2)49(25)24-35(53)46-29-9-7-28(8-10-29)40(5)17-16-34(52)47-36(40)54)18-19-57-31-13-11-30(12-14-31)50-38(56)51(37(55)39(50,3)4)58-32-15-6-27(21-45)33(20-32)41(42,43)44;/h6-10,15,20,25-26,30-31H,11-14,16-19,22-24H2,1-5H3,(H,46,53)(H,47,52,54);1H/t25-,26+,30?,31?,40-;/m0./s1. The molecule has 0 bridgehead atoms. The van der Waals surface area contributed by atoms with Crippen LogP contribution in [0.5, 0.6) is 0 Å². The molecule has 6 rings (SSSR count). The molecule has 3 aliphatic heterocycles. The van der Waals surface area contributed by atoms with Gasteiger partial charge in [-0.05, 0) is 115 Å². The average Bonchev–Trinajstić information content (AvgIpc) is 3.33. The second kappa shape index (κ2) is 18.2. The lowest BCUT2D eigenvalue weighted by molar-refractivity contribution is -0.138. The van der Waals surface area contributed by atoms with Gasteiger partial charge in [-0.1, -0.05) is 12.1 Å². The molecular weight excluding hydrogens is 811 g/mol. The summed E-state index contributed by atoms with van der Waals surface area (Å²) in [6.07, 6.45) is -1.48. The van der Waals surface area contributed by atoms with E-state index in [1.165, 1.54) is 12.1 Å². The number of anilines is 1. The number of halogens is 4. The number of carbonyl (C=O) groups excluding carboxylic acids is 5. The number of nitrogens with one attached hydrogen (secondary N) is 2. The molecule has 3 heterocycles. The zero-order chi connectivity index (χ0) is 42.2. The molecule has 4 aliphatic rings. The lowest BCUT2D eigenvalue weighted by Crippen LogP contribution is -2.58. The second-order valence-corrected chi connectivity index (χ2v) is 17.5. The van der Waals surface area contributed by atoms with E-state index in [9.17, 15) is 37.1 Å². The summed E-state index contributed by atoms with van der Waals surface area (Å²) in [5, 5.41) is 14.5. The minimum absolute atomic E-state index is 0. The van der Waals surface area contributed by atoms with E-state index in [4.69, 9.17) is 10.00 Å².